The van der Waals surface area contributed by atoms with E-state index in [2.05, 4.69) is 10.0 Å². The third-order valence-corrected chi connectivity index (χ3v) is 4.68. The normalized spacial score (nSPS) is 11.3. The zero-order valence-electron chi connectivity index (χ0n) is 13.3. The van der Waals surface area contributed by atoms with Crippen molar-refractivity contribution in [1.29, 1.82) is 0 Å². The van der Waals surface area contributed by atoms with E-state index in [1.807, 2.05) is 0 Å². The maximum absolute atomic E-state index is 13.1. The van der Waals surface area contributed by atoms with Crippen LogP contribution in [0.25, 0.3) is 0 Å². The van der Waals surface area contributed by atoms with E-state index in [4.69, 9.17) is 4.74 Å². The van der Waals surface area contributed by atoms with Crippen molar-refractivity contribution in [1.82, 2.24) is 4.72 Å². The Morgan fingerprint density at radius 3 is 2.36 bits per heavy atom. The van der Waals surface area contributed by atoms with E-state index in [0.717, 1.165) is 12.1 Å². The Balaban J connectivity index is 2.08. The van der Waals surface area contributed by atoms with Gasteiger partial charge in [-0.25, -0.2) is 21.9 Å². The summed E-state index contributed by atoms with van der Waals surface area (Å²) in [7, 11) is -2.24. The van der Waals surface area contributed by atoms with E-state index in [1.165, 1.54) is 37.4 Å². The van der Waals surface area contributed by atoms with Gasteiger partial charge in [0, 0.05) is 31.0 Å². The van der Waals surface area contributed by atoms with E-state index in [1.54, 1.807) is 0 Å². The molecular formula is C16H16F2N2O4S. The summed E-state index contributed by atoms with van der Waals surface area (Å²) in [5.41, 5.74) is 0.252. The maximum Gasteiger partial charge on any atom is 0.255 e. The summed E-state index contributed by atoms with van der Waals surface area (Å²) in [6.45, 7) is 0.352. The second-order valence-corrected chi connectivity index (χ2v) is 6.76. The Bertz CT molecular complexity index is 855. The molecule has 0 spiro atoms. The number of nitrogens with one attached hydrogen (secondary N) is 2. The average molecular weight is 370 g/mol. The van der Waals surface area contributed by atoms with E-state index < -0.39 is 27.6 Å². The number of benzene rings is 2. The standard InChI is InChI=1S/C16H16F2N2O4S/c1-24-9-8-19-25(22,23)13-5-2-11(3-6-13)16(21)20-12-4-7-14(17)15(18)10-12/h2-7,10,19H,8-9H2,1H3,(H,20,21). The van der Waals surface area contributed by atoms with Crippen LogP contribution in [0.3, 0.4) is 0 Å². The predicted molar refractivity (Wildman–Crippen MR) is 87.8 cm³/mol. The minimum atomic E-state index is -3.70. The number of sulfonamides is 1. The summed E-state index contributed by atoms with van der Waals surface area (Å²) in [5.74, 6) is -2.68. The fourth-order valence-electron chi connectivity index (χ4n) is 1.92. The van der Waals surface area contributed by atoms with Crippen LogP contribution in [0.2, 0.25) is 0 Å². The van der Waals surface area contributed by atoms with Gasteiger partial charge in [0.05, 0.1) is 11.5 Å². The lowest BCUT2D eigenvalue weighted by molar-refractivity contribution is 0.102. The van der Waals surface area contributed by atoms with Crippen LogP contribution in [-0.4, -0.2) is 34.6 Å². The van der Waals surface area contributed by atoms with Crippen LogP contribution in [-0.2, 0) is 14.8 Å². The van der Waals surface area contributed by atoms with E-state index >= 15 is 0 Å². The summed E-state index contributed by atoms with van der Waals surface area (Å²) >= 11 is 0. The fourth-order valence-corrected chi connectivity index (χ4v) is 2.94. The van der Waals surface area contributed by atoms with Gasteiger partial charge in [0.1, 0.15) is 0 Å². The molecule has 2 rings (SSSR count). The Hall–Kier alpha value is -2.36. The van der Waals surface area contributed by atoms with Crippen molar-refractivity contribution in [3.8, 4) is 0 Å². The highest BCUT2D eigenvalue weighted by Crippen LogP contribution is 2.15. The molecule has 1 amide bonds. The highest BCUT2D eigenvalue weighted by Gasteiger charge is 2.15. The average Bonchev–Trinajstić information content (AvgIpc) is 2.58. The number of amides is 1. The van der Waals surface area contributed by atoms with Gasteiger partial charge in [0.2, 0.25) is 10.0 Å². The molecule has 0 bridgehead atoms. The molecule has 0 atom stereocenters. The number of halogens is 2. The molecule has 9 heteroatoms. The smallest absolute Gasteiger partial charge is 0.255 e. The minimum Gasteiger partial charge on any atom is -0.383 e. The van der Waals surface area contributed by atoms with Gasteiger partial charge in [-0.1, -0.05) is 0 Å². The molecule has 25 heavy (non-hydrogen) atoms. The number of methoxy groups -OCH3 is 1. The highest BCUT2D eigenvalue weighted by atomic mass is 32.2. The van der Waals surface area contributed by atoms with Gasteiger partial charge in [0.25, 0.3) is 5.91 Å². The van der Waals surface area contributed by atoms with Crippen molar-refractivity contribution in [2.75, 3.05) is 25.6 Å². The predicted octanol–water partition coefficient (Wildman–Crippen LogP) is 2.14. The molecule has 6 nitrogen and oxygen atoms in total. The molecule has 0 saturated heterocycles. The molecule has 0 aliphatic heterocycles. The van der Waals surface area contributed by atoms with Gasteiger partial charge in [-0.2, -0.15) is 0 Å². The van der Waals surface area contributed by atoms with Crippen LogP contribution in [0.15, 0.2) is 47.4 Å². The largest absolute Gasteiger partial charge is 0.383 e. The lowest BCUT2D eigenvalue weighted by Crippen LogP contribution is -2.27. The number of hydrogen-bond donors (Lipinski definition) is 2. The van der Waals surface area contributed by atoms with Gasteiger partial charge < -0.3 is 10.1 Å². The quantitative estimate of drug-likeness (QED) is 0.732. The summed E-state index contributed by atoms with van der Waals surface area (Å²) in [5, 5.41) is 2.40. The summed E-state index contributed by atoms with van der Waals surface area (Å²) < 4.78 is 57.1. The molecule has 0 unspecified atom stereocenters. The molecule has 134 valence electrons. The first-order valence-corrected chi connectivity index (χ1v) is 8.67. The SMILES string of the molecule is COCCNS(=O)(=O)c1ccc(C(=O)Nc2ccc(F)c(F)c2)cc1. The third-order valence-electron chi connectivity index (χ3n) is 3.20. The van der Waals surface area contributed by atoms with Crippen molar-refractivity contribution in [2.45, 2.75) is 4.90 Å². The number of carbonyl (C=O) groups is 1. The molecule has 0 fully saturated rings. The van der Waals surface area contributed by atoms with Crippen LogP contribution in [0.1, 0.15) is 10.4 Å². The first kappa shape index (κ1) is 19.0. The summed E-state index contributed by atoms with van der Waals surface area (Å²) in [6, 6.07) is 8.15. The van der Waals surface area contributed by atoms with Crippen LogP contribution in [0.5, 0.6) is 0 Å². The van der Waals surface area contributed by atoms with Crippen LogP contribution >= 0.6 is 0 Å². The van der Waals surface area contributed by atoms with Gasteiger partial charge in [-0.3, -0.25) is 4.79 Å². The monoisotopic (exact) mass is 370 g/mol. The molecule has 0 radical (unpaired) electrons. The topological polar surface area (TPSA) is 84.5 Å². The lowest BCUT2D eigenvalue weighted by Gasteiger charge is -2.08. The number of anilines is 1. The molecule has 0 aromatic heterocycles. The Morgan fingerprint density at radius 2 is 1.76 bits per heavy atom. The maximum atomic E-state index is 13.1. The number of rotatable bonds is 7. The van der Waals surface area contributed by atoms with Crippen molar-refractivity contribution < 1.29 is 26.7 Å². The molecule has 0 saturated carbocycles. The Labute approximate surface area is 143 Å². The number of hydrogen-bond acceptors (Lipinski definition) is 4. The molecule has 0 heterocycles. The van der Waals surface area contributed by atoms with Crippen molar-refractivity contribution in [2.24, 2.45) is 0 Å². The second kappa shape index (κ2) is 8.15. The molecule has 0 aliphatic rings. The summed E-state index contributed by atoms with van der Waals surface area (Å²) in [6.07, 6.45) is 0. The van der Waals surface area contributed by atoms with Crippen LogP contribution in [0, 0.1) is 11.6 Å². The molecular weight excluding hydrogens is 354 g/mol. The van der Waals surface area contributed by atoms with Crippen LogP contribution in [0.4, 0.5) is 14.5 Å². The first-order chi connectivity index (χ1) is 11.8. The van der Waals surface area contributed by atoms with Crippen molar-refractivity contribution in [3.05, 3.63) is 59.7 Å². The fraction of sp³-hybridized carbons (Fsp3) is 0.188. The Morgan fingerprint density at radius 1 is 1.08 bits per heavy atom. The minimum absolute atomic E-state index is 0.00650. The highest BCUT2D eigenvalue weighted by molar-refractivity contribution is 7.89. The first-order valence-electron chi connectivity index (χ1n) is 7.18. The van der Waals surface area contributed by atoms with Crippen LogP contribution < -0.4 is 10.0 Å². The molecule has 2 aromatic carbocycles. The van der Waals surface area contributed by atoms with Gasteiger partial charge in [-0.15, -0.1) is 0 Å². The number of ether oxygens (including phenoxy) is 1. The Kier molecular flexibility index (Phi) is 6.18. The van der Waals surface area contributed by atoms with E-state index in [9.17, 15) is 22.0 Å². The van der Waals surface area contributed by atoms with Crippen molar-refractivity contribution in [3.63, 3.8) is 0 Å². The molecule has 2 N–H and O–H groups in total. The molecule has 2 aromatic rings. The zero-order valence-corrected chi connectivity index (χ0v) is 14.1. The lowest BCUT2D eigenvalue weighted by atomic mass is 10.2. The zero-order chi connectivity index (χ0) is 18.4. The van der Waals surface area contributed by atoms with Gasteiger partial charge in [0.15, 0.2) is 11.6 Å². The van der Waals surface area contributed by atoms with Gasteiger partial charge >= 0.3 is 0 Å². The summed E-state index contributed by atoms with van der Waals surface area (Å²) in [4.78, 5) is 12.1. The number of carbonyl (C=O) groups excluding carboxylic acids is 1. The third kappa shape index (κ3) is 5.05. The second-order valence-electron chi connectivity index (χ2n) is 5.00. The van der Waals surface area contributed by atoms with E-state index in [0.29, 0.717) is 0 Å². The van der Waals surface area contributed by atoms with Crippen molar-refractivity contribution >= 4 is 21.6 Å². The van der Waals surface area contributed by atoms with E-state index in [-0.39, 0.29) is 29.3 Å². The van der Waals surface area contributed by atoms with Gasteiger partial charge in [-0.05, 0) is 36.4 Å². The molecule has 0 aliphatic carbocycles.